The van der Waals surface area contributed by atoms with E-state index in [2.05, 4.69) is 41.0 Å². The molecule has 0 unspecified atom stereocenters. The molecule has 3 aromatic rings. The summed E-state index contributed by atoms with van der Waals surface area (Å²) in [6.07, 6.45) is 1.46. The van der Waals surface area contributed by atoms with Crippen LogP contribution >= 0.6 is 0 Å². The highest BCUT2D eigenvalue weighted by atomic mass is 15.5. The zero-order valence-corrected chi connectivity index (χ0v) is 8.99. The van der Waals surface area contributed by atoms with Crippen LogP contribution < -0.4 is 5.32 Å². The molecule has 0 bridgehead atoms. The fraction of sp³-hybridized carbons (Fsp3) is 0.250. The van der Waals surface area contributed by atoms with E-state index in [9.17, 15) is 0 Å². The Morgan fingerprint density at radius 1 is 1.47 bits per heavy atom. The molecule has 3 heterocycles. The van der Waals surface area contributed by atoms with Crippen molar-refractivity contribution in [3.63, 3.8) is 0 Å². The van der Waals surface area contributed by atoms with Crippen molar-refractivity contribution < 1.29 is 0 Å². The van der Waals surface area contributed by atoms with Crippen molar-refractivity contribution in [1.82, 2.24) is 40.2 Å². The molecule has 0 aliphatic heterocycles. The van der Waals surface area contributed by atoms with Crippen LogP contribution in [-0.2, 0) is 6.54 Å². The van der Waals surface area contributed by atoms with E-state index in [0.717, 1.165) is 11.5 Å². The highest BCUT2D eigenvalue weighted by molar-refractivity contribution is 5.44. The smallest absolute Gasteiger partial charge is 0.254 e. The fourth-order valence-corrected chi connectivity index (χ4v) is 1.48. The van der Waals surface area contributed by atoms with Gasteiger partial charge in [0.1, 0.15) is 12.1 Å². The van der Waals surface area contributed by atoms with Crippen LogP contribution in [0.5, 0.6) is 0 Å². The summed E-state index contributed by atoms with van der Waals surface area (Å²) in [7, 11) is 0. The summed E-state index contributed by atoms with van der Waals surface area (Å²) in [6, 6.07) is 1.88. The highest BCUT2D eigenvalue weighted by Crippen LogP contribution is 2.10. The average molecular weight is 231 g/mol. The molecule has 0 aromatic carbocycles. The number of aryl methyl sites for hydroxylation is 1. The Hall–Kier alpha value is -2.58. The molecule has 9 nitrogen and oxygen atoms in total. The molecule has 0 radical (unpaired) electrons. The predicted octanol–water partition coefficient (Wildman–Crippen LogP) is -0.442. The normalized spacial score (nSPS) is 10.9. The van der Waals surface area contributed by atoms with Crippen molar-refractivity contribution in [1.29, 1.82) is 0 Å². The molecule has 9 heteroatoms. The minimum absolute atomic E-state index is 0.453. The van der Waals surface area contributed by atoms with Crippen LogP contribution in [0.4, 0.5) is 5.82 Å². The maximum Gasteiger partial charge on any atom is 0.254 e. The van der Waals surface area contributed by atoms with Crippen LogP contribution in [0.15, 0.2) is 12.4 Å². The first-order valence-electron chi connectivity index (χ1n) is 4.96. The van der Waals surface area contributed by atoms with Gasteiger partial charge in [0.2, 0.25) is 0 Å². The maximum atomic E-state index is 4.24. The number of hydrogen-bond acceptors (Lipinski definition) is 7. The molecule has 3 aromatic heterocycles. The predicted molar refractivity (Wildman–Crippen MR) is 57.0 cm³/mol. The summed E-state index contributed by atoms with van der Waals surface area (Å²) in [5, 5.41) is 20.8. The van der Waals surface area contributed by atoms with E-state index in [4.69, 9.17) is 0 Å². The number of nitrogens with one attached hydrogen (secondary N) is 2. The molecular weight excluding hydrogens is 222 g/mol. The Morgan fingerprint density at radius 3 is 3.24 bits per heavy atom. The van der Waals surface area contributed by atoms with Gasteiger partial charge in [-0.25, -0.2) is 4.98 Å². The summed E-state index contributed by atoms with van der Waals surface area (Å²) >= 11 is 0. The topological polar surface area (TPSA) is 110 Å². The molecule has 0 atom stereocenters. The number of fused-ring (bicyclic) bond motifs is 1. The van der Waals surface area contributed by atoms with Gasteiger partial charge in [-0.3, -0.25) is 0 Å². The third kappa shape index (κ3) is 1.77. The van der Waals surface area contributed by atoms with Gasteiger partial charge in [0.15, 0.2) is 5.82 Å². The molecule has 0 amide bonds. The first-order valence-corrected chi connectivity index (χ1v) is 4.96. The lowest BCUT2D eigenvalue weighted by Crippen LogP contribution is -2.07. The van der Waals surface area contributed by atoms with Gasteiger partial charge >= 0.3 is 0 Å². The molecule has 0 saturated heterocycles. The van der Waals surface area contributed by atoms with Gasteiger partial charge in [-0.2, -0.15) is 19.8 Å². The number of H-pyrrole nitrogens is 1. The lowest BCUT2D eigenvalue weighted by molar-refractivity contribution is 0.881. The van der Waals surface area contributed by atoms with E-state index < -0.39 is 0 Å². The second kappa shape index (κ2) is 3.77. The van der Waals surface area contributed by atoms with Crippen LogP contribution in [-0.4, -0.2) is 40.2 Å². The molecule has 0 saturated carbocycles. The van der Waals surface area contributed by atoms with Crippen LogP contribution in [0.2, 0.25) is 0 Å². The molecule has 17 heavy (non-hydrogen) atoms. The first-order chi connectivity index (χ1) is 8.33. The fourth-order valence-electron chi connectivity index (χ4n) is 1.48. The summed E-state index contributed by atoms with van der Waals surface area (Å²) < 4.78 is 1.62. The van der Waals surface area contributed by atoms with Crippen molar-refractivity contribution in [2.24, 2.45) is 0 Å². The Labute approximate surface area is 95.3 Å². The van der Waals surface area contributed by atoms with E-state index in [-0.39, 0.29) is 0 Å². The second-order valence-corrected chi connectivity index (χ2v) is 3.44. The maximum absolute atomic E-state index is 4.24. The Bertz CT molecular complexity index is 626. The highest BCUT2D eigenvalue weighted by Gasteiger charge is 2.06. The van der Waals surface area contributed by atoms with Crippen molar-refractivity contribution in [3.8, 4) is 0 Å². The van der Waals surface area contributed by atoms with Gasteiger partial charge in [0.25, 0.3) is 5.78 Å². The van der Waals surface area contributed by atoms with Crippen LogP contribution in [0.3, 0.4) is 0 Å². The minimum Gasteiger partial charge on any atom is -0.362 e. The third-order valence-corrected chi connectivity index (χ3v) is 2.20. The largest absolute Gasteiger partial charge is 0.362 e. The van der Waals surface area contributed by atoms with Gasteiger partial charge in [0, 0.05) is 11.8 Å². The number of aromatic amines is 1. The Morgan fingerprint density at radius 2 is 2.41 bits per heavy atom. The van der Waals surface area contributed by atoms with Gasteiger partial charge in [-0.1, -0.05) is 5.21 Å². The number of rotatable bonds is 3. The van der Waals surface area contributed by atoms with Gasteiger partial charge in [0.05, 0.1) is 6.54 Å². The van der Waals surface area contributed by atoms with Gasteiger partial charge in [-0.05, 0) is 6.92 Å². The molecule has 0 fully saturated rings. The van der Waals surface area contributed by atoms with Gasteiger partial charge < -0.3 is 5.32 Å². The molecule has 0 spiro atoms. The summed E-state index contributed by atoms with van der Waals surface area (Å²) in [6.45, 7) is 2.35. The van der Waals surface area contributed by atoms with Crippen LogP contribution in [0.1, 0.15) is 11.5 Å². The van der Waals surface area contributed by atoms with E-state index in [1.54, 1.807) is 4.52 Å². The number of aromatic nitrogens is 8. The van der Waals surface area contributed by atoms with Crippen LogP contribution in [0, 0.1) is 6.92 Å². The molecule has 0 aliphatic rings. The van der Waals surface area contributed by atoms with Crippen molar-refractivity contribution in [2.45, 2.75) is 13.5 Å². The molecule has 86 valence electrons. The lowest BCUT2D eigenvalue weighted by atomic mass is 10.4. The number of nitrogens with zero attached hydrogens (tertiary/aromatic N) is 7. The minimum atomic E-state index is 0.453. The lowest BCUT2D eigenvalue weighted by Gasteiger charge is -2.06. The summed E-state index contributed by atoms with van der Waals surface area (Å²) in [4.78, 5) is 8.28. The zero-order chi connectivity index (χ0) is 11.7. The quantitative estimate of drug-likeness (QED) is 0.628. The van der Waals surface area contributed by atoms with E-state index >= 15 is 0 Å². The van der Waals surface area contributed by atoms with Crippen LogP contribution in [0.25, 0.3) is 5.78 Å². The molecule has 3 rings (SSSR count). The Kier molecular flexibility index (Phi) is 2.14. The summed E-state index contributed by atoms with van der Waals surface area (Å²) in [5.74, 6) is 1.92. The molecule has 2 N–H and O–H groups in total. The SMILES string of the molecule is Cc1cc(NCc2nn[nH]n2)n2ncnc2n1. The number of anilines is 1. The third-order valence-electron chi connectivity index (χ3n) is 2.20. The second-order valence-electron chi connectivity index (χ2n) is 3.44. The molecular formula is C8H9N9. The summed E-state index contributed by atoms with van der Waals surface area (Å²) in [5.41, 5.74) is 0.862. The first kappa shape index (κ1) is 9.63. The van der Waals surface area contributed by atoms with E-state index in [1.165, 1.54) is 6.33 Å². The van der Waals surface area contributed by atoms with Crippen molar-refractivity contribution >= 4 is 11.6 Å². The standard InChI is InChI=1S/C8H9N9/c1-5-2-7(9-3-6-13-15-16-14-6)17-8(12-5)10-4-11-17/h2,4,9H,3H2,1H3,(H,13,14,15,16). The van der Waals surface area contributed by atoms with Crippen molar-refractivity contribution in [2.75, 3.05) is 5.32 Å². The average Bonchev–Trinajstić information content (AvgIpc) is 2.95. The van der Waals surface area contributed by atoms with Gasteiger partial charge in [-0.15, -0.1) is 10.2 Å². The Balaban J connectivity index is 1.91. The number of hydrogen-bond donors (Lipinski definition) is 2. The van der Waals surface area contributed by atoms with Crippen molar-refractivity contribution in [3.05, 3.63) is 23.9 Å². The monoisotopic (exact) mass is 231 g/mol. The number of tetrazole rings is 1. The zero-order valence-electron chi connectivity index (χ0n) is 8.99. The molecule has 0 aliphatic carbocycles. The van der Waals surface area contributed by atoms with E-state index in [0.29, 0.717) is 18.1 Å². The van der Waals surface area contributed by atoms with E-state index in [1.807, 2.05) is 13.0 Å².